The summed E-state index contributed by atoms with van der Waals surface area (Å²) in [5.41, 5.74) is 1.31. The van der Waals surface area contributed by atoms with Crippen LogP contribution in [0.4, 0.5) is 0 Å². The number of hydrogen-bond donors (Lipinski definition) is 1. The van der Waals surface area contributed by atoms with Gasteiger partial charge in [-0.15, -0.1) is 5.10 Å². The summed E-state index contributed by atoms with van der Waals surface area (Å²) in [7, 11) is 0. The Hall–Kier alpha value is -1.09. The molecule has 10 heavy (non-hydrogen) atoms. The van der Waals surface area contributed by atoms with Crippen molar-refractivity contribution in [3.05, 3.63) is 23.2 Å². The van der Waals surface area contributed by atoms with Gasteiger partial charge in [-0.05, 0) is 18.2 Å². The Morgan fingerprint density at radius 3 is 3.40 bits per heavy atom. The van der Waals surface area contributed by atoms with Crippen LogP contribution < -0.4 is 0 Å². The number of benzene rings is 1. The smallest absolute Gasteiger partial charge is 0.192 e. The molecule has 4 heteroatoms. The third kappa shape index (κ3) is 0.752. The first kappa shape index (κ1) is 4.68. The second kappa shape index (κ2) is 1.95. The standard InChI is InChI=1S/C6H4ClN3/c7-4-1-2-5-6(3-4)9-10-8-5/h1-3H,(H,8,9,10)/i/hD. The highest BCUT2D eigenvalue weighted by Gasteiger charge is 1.95. The summed E-state index contributed by atoms with van der Waals surface area (Å²) < 4.78 is 7.22. The van der Waals surface area contributed by atoms with Crippen molar-refractivity contribution in [3.63, 3.8) is 0 Å². The molecule has 1 aromatic carbocycles. The molecule has 0 fully saturated rings. The molecule has 2 aromatic rings. The van der Waals surface area contributed by atoms with E-state index in [1.807, 2.05) is 0 Å². The first-order chi connectivity index (χ1) is 5.27. The van der Waals surface area contributed by atoms with Gasteiger partial charge < -0.3 is 0 Å². The molecule has 0 atom stereocenters. The number of rotatable bonds is 0. The van der Waals surface area contributed by atoms with Gasteiger partial charge in [0.25, 0.3) is 0 Å². The van der Waals surface area contributed by atoms with Gasteiger partial charge in [0.1, 0.15) is 5.52 Å². The molecule has 0 bridgehead atoms. The molecule has 1 heterocycles. The lowest BCUT2D eigenvalue weighted by Crippen LogP contribution is -1.67. The van der Waals surface area contributed by atoms with Crippen LogP contribution in [0.1, 0.15) is 0 Å². The first-order valence-corrected chi connectivity index (χ1v) is 3.15. The second-order valence-electron chi connectivity index (χ2n) is 1.92. The summed E-state index contributed by atoms with van der Waals surface area (Å²) in [6.45, 7) is 0. The van der Waals surface area contributed by atoms with Crippen molar-refractivity contribution in [2.45, 2.75) is 0 Å². The van der Waals surface area contributed by atoms with Gasteiger partial charge in [-0.25, -0.2) is 0 Å². The molecule has 0 radical (unpaired) electrons. The Morgan fingerprint density at radius 2 is 2.50 bits per heavy atom. The van der Waals surface area contributed by atoms with Gasteiger partial charge in [0, 0.05) is 5.02 Å². The van der Waals surface area contributed by atoms with Crippen molar-refractivity contribution in [2.24, 2.45) is 0 Å². The minimum absolute atomic E-state index is 0.591. The molecular weight excluding hydrogens is 150 g/mol. The number of hydrogen-bond acceptors (Lipinski definition) is 2. The molecular formula is C6H4ClN3. The van der Waals surface area contributed by atoms with E-state index in [1.165, 1.54) is 0 Å². The number of H-pyrrole nitrogens is 1. The Balaban J connectivity index is 2.87. The lowest BCUT2D eigenvalue weighted by Gasteiger charge is -1.85. The summed E-state index contributed by atoms with van der Waals surface area (Å²) in [6, 6.07) is 5.11. The molecule has 0 aliphatic carbocycles. The van der Waals surface area contributed by atoms with Gasteiger partial charge in [0.2, 0.25) is 0 Å². The van der Waals surface area contributed by atoms with E-state index in [0.29, 0.717) is 16.1 Å². The number of aromatic amines is 1. The summed E-state index contributed by atoms with van der Waals surface area (Å²) in [5, 5.41) is 8.77. The maximum Gasteiger partial charge on any atom is 0.192 e. The van der Waals surface area contributed by atoms with Crippen molar-refractivity contribution in [1.29, 1.82) is 0 Å². The fraction of sp³-hybridized carbons (Fsp3) is 0. The summed E-state index contributed by atoms with van der Waals surface area (Å²) in [5.74, 6) is 0. The highest BCUT2D eigenvalue weighted by atomic mass is 35.5. The Bertz CT molecular complexity index is 398. The van der Waals surface area contributed by atoms with E-state index < -0.39 is 0 Å². The van der Waals surface area contributed by atoms with Crippen LogP contribution >= 0.6 is 11.6 Å². The van der Waals surface area contributed by atoms with E-state index in [4.69, 9.17) is 13.0 Å². The number of fused-ring (bicyclic) bond motifs is 1. The van der Waals surface area contributed by atoms with E-state index in [9.17, 15) is 0 Å². The molecule has 0 aliphatic rings. The maximum atomic E-state index is 7.22. The predicted molar refractivity (Wildman–Crippen MR) is 38.9 cm³/mol. The monoisotopic (exact) mass is 154 g/mol. The van der Waals surface area contributed by atoms with Crippen LogP contribution in [0.25, 0.3) is 11.0 Å². The van der Waals surface area contributed by atoms with Gasteiger partial charge in [-0.1, -0.05) is 16.8 Å². The number of nitrogens with zero attached hydrogens (tertiary/aromatic N) is 2. The molecule has 0 unspecified atom stereocenters. The first-order valence-electron chi connectivity index (χ1n) is 3.22. The van der Waals surface area contributed by atoms with Crippen LogP contribution in [0.2, 0.25) is 6.43 Å². The van der Waals surface area contributed by atoms with Crippen molar-refractivity contribution in [3.8, 4) is 0 Å². The molecule has 3 nitrogen and oxygen atoms in total. The zero-order valence-corrected chi connectivity index (χ0v) is 5.71. The molecule has 0 saturated heterocycles. The lowest BCUT2D eigenvalue weighted by atomic mass is 10.3. The minimum atomic E-state index is 0.591. The van der Waals surface area contributed by atoms with Crippen LogP contribution in [0.3, 0.4) is 0 Å². The largest absolute Gasteiger partial charge is 0.257 e. The van der Waals surface area contributed by atoms with Crippen LogP contribution in [0.15, 0.2) is 18.2 Å². The number of halogens is 1. The Kier molecular flexibility index (Phi) is 0.914. The SMILES string of the molecule is [2H]n1nnc2ccc(Cl)cc21. The topological polar surface area (TPSA) is 41.6 Å². The van der Waals surface area contributed by atoms with Crippen molar-refractivity contribution in [2.75, 3.05) is 0 Å². The number of nitrogens with one attached hydrogen (secondary N) is 1. The van der Waals surface area contributed by atoms with Crippen LogP contribution in [0, 0.1) is 0 Å². The van der Waals surface area contributed by atoms with Crippen LogP contribution in [-0.4, -0.2) is 15.4 Å². The van der Waals surface area contributed by atoms with Crippen LogP contribution in [0.5, 0.6) is 0 Å². The molecule has 2 rings (SSSR count). The van der Waals surface area contributed by atoms with Gasteiger partial charge in [0.05, 0.1) is 5.52 Å². The fourth-order valence-electron chi connectivity index (χ4n) is 0.780. The molecule has 0 spiro atoms. The summed E-state index contributed by atoms with van der Waals surface area (Å²) >= 11 is 5.70. The average molecular weight is 155 g/mol. The van der Waals surface area contributed by atoms with E-state index >= 15 is 0 Å². The van der Waals surface area contributed by atoms with Crippen molar-refractivity contribution in [1.82, 2.24) is 15.4 Å². The third-order valence-electron chi connectivity index (χ3n) is 1.24. The van der Waals surface area contributed by atoms with Gasteiger partial charge in [0.15, 0.2) is 1.41 Å². The molecule has 0 saturated carbocycles. The fourth-order valence-corrected chi connectivity index (χ4v) is 0.946. The quantitative estimate of drug-likeness (QED) is 0.627. The zero-order chi connectivity index (χ0) is 7.84. The van der Waals surface area contributed by atoms with E-state index in [-0.39, 0.29) is 0 Å². The van der Waals surface area contributed by atoms with E-state index in [0.717, 1.165) is 5.09 Å². The Morgan fingerprint density at radius 1 is 1.60 bits per heavy atom. The average Bonchev–Trinajstić information content (AvgIpc) is 2.33. The summed E-state index contributed by atoms with van der Waals surface area (Å²) in [4.78, 5) is 0. The highest BCUT2D eigenvalue weighted by Crippen LogP contribution is 2.13. The minimum Gasteiger partial charge on any atom is -0.257 e. The molecule has 50 valence electrons. The molecule has 1 aromatic heterocycles. The van der Waals surface area contributed by atoms with Gasteiger partial charge in [-0.2, -0.15) is 0 Å². The zero-order valence-electron chi connectivity index (χ0n) is 5.95. The number of aromatic nitrogens is 3. The molecule has 0 aliphatic heterocycles. The summed E-state index contributed by atoms with van der Waals surface area (Å²) in [6.07, 6.45) is 0. The normalized spacial score (nSPS) is 11.9. The van der Waals surface area contributed by atoms with E-state index in [2.05, 4.69) is 10.3 Å². The molecule has 0 amide bonds. The highest BCUT2D eigenvalue weighted by molar-refractivity contribution is 6.31. The van der Waals surface area contributed by atoms with Crippen molar-refractivity contribution < 1.29 is 1.41 Å². The Labute approximate surface area is 63.5 Å². The van der Waals surface area contributed by atoms with Gasteiger partial charge >= 0.3 is 0 Å². The second-order valence-corrected chi connectivity index (χ2v) is 2.36. The van der Waals surface area contributed by atoms with E-state index in [1.54, 1.807) is 18.2 Å². The van der Waals surface area contributed by atoms with Crippen LogP contribution in [-0.2, 0) is 0 Å². The third-order valence-corrected chi connectivity index (χ3v) is 1.48. The molecule has 1 N–H and O–H groups in total. The van der Waals surface area contributed by atoms with Crippen molar-refractivity contribution >= 4 is 22.6 Å². The lowest BCUT2D eigenvalue weighted by molar-refractivity contribution is 0.959. The predicted octanol–water partition coefficient (Wildman–Crippen LogP) is 1.61. The van der Waals surface area contributed by atoms with Gasteiger partial charge in [-0.3, -0.25) is 5.09 Å². The maximum absolute atomic E-state index is 7.22.